The first kappa shape index (κ1) is 18.5. The fraction of sp³-hybridized carbons (Fsp3) is 0.136. The molecule has 3 aromatic heterocycles. The molecule has 0 aliphatic heterocycles. The van der Waals surface area contributed by atoms with Gasteiger partial charge in [0, 0.05) is 12.3 Å². The Morgan fingerprint density at radius 3 is 2.62 bits per heavy atom. The zero-order valence-corrected chi connectivity index (χ0v) is 16.1. The van der Waals surface area contributed by atoms with E-state index in [9.17, 15) is 4.79 Å². The van der Waals surface area contributed by atoms with Crippen LogP contribution in [0.3, 0.4) is 0 Å². The van der Waals surface area contributed by atoms with E-state index >= 15 is 0 Å². The Kier molecular flexibility index (Phi) is 5.11. The number of furan rings is 1. The van der Waals surface area contributed by atoms with Crippen molar-refractivity contribution in [3.63, 3.8) is 0 Å². The molecule has 29 heavy (non-hydrogen) atoms. The Labute approximate surface area is 168 Å². The number of pyridine rings is 1. The number of hydrogen-bond acceptors (Lipinski definition) is 5. The van der Waals surface area contributed by atoms with Gasteiger partial charge in [0.25, 0.3) is 5.91 Å². The van der Waals surface area contributed by atoms with Crippen LogP contribution in [0.5, 0.6) is 5.75 Å². The number of methoxy groups -OCH3 is 1. The molecule has 0 aliphatic rings. The summed E-state index contributed by atoms with van der Waals surface area (Å²) in [6.07, 6.45) is 1.69. The number of hydrogen-bond donors (Lipinski definition) is 1. The molecule has 0 saturated carbocycles. The van der Waals surface area contributed by atoms with Crippen LogP contribution in [0.1, 0.15) is 21.9 Å². The zero-order chi connectivity index (χ0) is 20.2. The van der Waals surface area contributed by atoms with Gasteiger partial charge in [-0.25, -0.2) is 4.68 Å². The molecule has 0 spiro atoms. The summed E-state index contributed by atoms with van der Waals surface area (Å²) in [7, 11) is 1.61. The van der Waals surface area contributed by atoms with Crippen LogP contribution in [0.15, 0.2) is 71.3 Å². The molecule has 1 N–H and O–H groups in total. The topological polar surface area (TPSA) is 82.2 Å². The first-order chi connectivity index (χ1) is 14.1. The number of rotatable bonds is 6. The summed E-state index contributed by atoms with van der Waals surface area (Å²) in [4.78, 5) is 17.2. The highest BCUT2D eigenvalue weighted by atomic mass is 16.5. The second-order valence-electron chi connectivity index (χ2n) is 6.44. The lowest BCUT2D eigenvalue weighted by atomic mass is 10.2. The number of carbonyl (C=O) groups is 1. The van der Waals surface area contributed by atoms with Crippen molar-refractivity contribution in [3.05, 3.63) is 84.0 Å². The van der Waals surface area contributed by atoms with E-state index in [1.807, 2.05) is 61.5 Å². The van der Waals surface area contributed by atoms with Crippen molar-refractivity contribution in [2.45, 2.75) is 13.5 Å². The van der Waals surface area contributed by atoms with Gasteiger partial charge in [0.05, 0.1) is 25.0 Å². The van der Waals surface area contributed by atoms with Crippen molar-refractivity contribution in [2.75, 3.05) is 7.11 Å². The van der Waals surface area contributed by atoms with E-state index in [0.717, 1.165) is 22.9 Å². The SMILES string of the molecule is COc1ccc(-n2nc(-c3ccc(C)o3)cc2C(=O)NCc2ccccn2)cc1. The van der Waals surface area contributed by atoms with E-state index in [4.69, 9.17) is 9.15 Å². The molecule has 0 unspecified atom stereocenters. The van der Waals surface area contributed by atoms with Crippen molar-refractivity contribution in [1.29, 1.82) is 0 Å². The average Bonchev–Trinajstić information content (AvgIpc) is 3.39. The van der Waals surface area contributed by atoms with E-state index in [1.165, 1.54) is 0 Å². The standard InChI is InChI=1S/C22H20N4O3/c1-15-6-11-21(29-15)19-13-20(22(27)24-14-16-5-3-4-12-23-16)26(25-19)17-7-9-18(28-2)10-8-17/h3-13H,14H2,1-2H3,(H,24,27). The van der Waals surface area contributed by atoms with Gasteiger partial charge in [0.15, 0.2) is 5.76 Å². The Morgan fingerprint density at radius 2 is 1.97 bits per heavy atom. The molecule has 0 saturated heterocycles. The molecule has 1 aromatic carbocycles. The van der Waals surface area contributed by atoms with Crippen molar-refractivity contribution >= 4 is 5.91 Å². The fourth-order valence-electron chi connectivity index (χ4n) is 2.92. The van der Waals surface area contributed by atoms with Gasteiger partial charge in [0.2, 0.25) is 0 Å². The van der Waals surface area contributed by atoms with Crippen LogP contribution in [0.25, 0.3) is 17.1 Å². The molecule has 0 fully saturated rings. The second-order valence-corrected chi connectivity index (χ2v) is 6.44. The van der Waals surface area contributed by atoms with Crippen LogP contribution in [-0.4, -0.2) is 27.8 Å². The van der Waals surface area contributed by atoms with Gasteiger partial charge in [-0.1, -0.05) is 6.07 Å². The van der Waals surface area contributed by atoms with Crippen LogP contribution < -0.4 is 10.1 Å². The van der Waals surface area contributed by atoms with Crippen molar-refractivity contribution in [3.8, 4) is 22.9 Å². The molecule has 7 nitrogen and oxygen atoms in total. The molecular weight excluding hydrogens is 368 g/mol. The van der Waals surface area contributed by atoms with Crippen molar-refractivity contribution in [2.24, 2.45) is 0 Å². The molecular formula is C22H20N4O3. The first-order valence-electron chi connectivity index (χ1n) is 9.13. The lowest BCUT2D eigenvalue weighted by Crippen LogP contribution is -2.25. The molecule has 0 aliphatic carbocycles. The summed E-state index contributed by atoms with van der Waals surface area (Å²) < 4.78 is 12.5. The lowest BCUT2D eigenvalue weighted by Gasteiger charge is -2.09. The molecule has 0 bridgehead atoms. The van der Waals surface area contributed by atoms with E-state index in [1.54, 1.807) is 24.1 Å². The van der Waals surface area contributed by atoms with Crippen LogP contribution in [0.2, 0.25) is 0 Å². The Morgan fingerprint density at radius 1 is 1.14 bits per heavy atom. The number of aryl methyl sites for hydroxylation is 1. The molecule has 0 atom stereocenters. The normalized spacial score (nSPS) is 10.7. The van der Waals surface area contributed by atoms with Gasteiger partial charge in [-0.2, -0.15) is 5.10 Å². The molecule has 3 heterocycles. The maximum atomic E-state index is 12.9. The van der Waals surface area contributed by atoms with Crippen LogP contribution in [0.4, 0.5) is 0 Å². The molecule has 4 aromatic rings. The predicted molar refractivity (Wildman–Crippen MR) is 108 cm³/mol. The average molecular weight is 388 g/mol. The van der Waals surface area contributed by atoms with Gasteiger partial charge in [0.1, 0.15) is 22.9 Å². The predicted octanol–water partition coefficient (Wildman–Crippen LogP) is 3.77. The summed E-state index contributed by atoms with van der Waals surface area (Å²) in [5, 5.41) is 7.50. The van der Waals surface area contributed by atoms with E-state index in [2.05, 4.69) is 15.4 Å². The molecule has 4 rings (SSSR count). The smallest absolute Gasteiger partial charge is 0.270 e. The van der Waals surface area contributed by atoms with E-state index in [0.29, 0.717) is 23.7 Å². The maximum absolute atomic E-state index is 12.9. The number of carbonyl (C=O) groups excluding carboxylic acids is 1. The van der Waals surface area contributed by atoms with Crippen molar-refractivity contribution < 1.29 is 13.9 Å². The second kappa shape index (κ2) is 8.02. The van der Waals surface area contributed by atoms with E-state index < -0.39 is 0 Å². The molecule has 7 heteroatoms. The summed E-state index contributed by atoms with van der Waals surface area (Å²) in [6, 6.07) is 18.3. The van der Waals surface area contributed by atoms with Crippen LogP contribution in [-0.2, 0) is 6.54 Å². The van der Waals surface area contributed by atoms with E-state index in [-0.39, 0.29) is 5.91 Å². The van der Waals surface area contributed by atoms with Crippen LogP contribution in [0, 0.1) is 6.92 Å². The van der Waals surface area contributed by atoms with Gasteiger partial charge < -0.3 is 14.5 Å². The van der Waals surface area contributed by atoms with Crippen molar-refractivity contribution in [1.82, 2.24) is 20.1 Å². The highest BCUT2D eigenvalue weighted by molar-refractivity contribution is 5.94. The Hall–Kier alpha value is -3.87. The summed E-state index contributed by atoms with van der Waals surface area (Å²) in [5.74, 6) is 1.85. The third-order valence-corrected chi connectivity index (χ3v) is 4.41. The highest BCUT2D eigenvalue weighted by Crippen LogP contribution is 2.24. The largest absolute Gasteiger partial charge is 0.497 e. The third kappa shape index (κ3) is 4.03. The minimum absolute atomic E-state index is 0.256. The quantitative estimate of drug-likeness (QED) is 0.544. The Bertz CT molecular complexity index is 1110. The summed E-state index contributed by atoms with van der Waals surface area (Å²) in [6.45, 7) is 2.19. The minimum Gasteiger partial charge on any atom is -0.497 e. The van der Waals surface area contributed by atoms with Gasteiger partial charge >= 0.3 is 0 Å². The zero-order valence-electron chi connectivity index (χ0n) is 16.1. The number of amides is 1. The monoisotopic (exact) mass is 388 g/mol. The number of nitrogens with zero attached hydrogens (tertiary/aromatic N) is 3. The summed E-state index contributed by atoms with van der Waals surface area (Å²) in [5.41, 5.74) is 2.49. The van der Waals surface area contributed by atoms with Gasteiger partial charge in [-0.15, -0.1) is 0 Å². The number of nitrogens with one attached hydrogen (secondary N) is 1. The fourth-order valence-corrected chi connectivity index (χ4v) is 2.92. The molecule has 146 valence electrons. The number of aromatic nitrogens is 3. The molecule has 1 amide bonds. The van der Waals surface area contributed by atoms with Gasteiger partial charge in [-0.3, -0.25) is 9.78 Å². The first-order valence-corrected chi connectivity index (χ1v) is 9.13. The summed E-state index contributed by atoms with van der Waals surface area (Å²) >= 11 is 0. The number of ether oxygens (including phenoxy) is 1. The van der Waals surface area contributed by atoms with Crippen LogP contribution >= 0.6 is 0 Å². The number of benzene rings is 1. The highest BCUT2D eigenvalue weighted by Gasteiger charge is 2.19. The third-order valence-electron chi connectivity index (χ3n) is 4.41. The van der Waals surface area contributed by atoms with Gasteiger partial charge in [-0.05, 0) is 55.5 Å². The molecule has 0 radical (unpaired) electrons. The Balaban J connectivity index is 1.67. The maximum Gasteiger partial charge on any atom is 0.270 e. The minimum atomic E-state index is -0.256. The lowest BCUT2D eigenvalue weighted by molar-refractivity contribution is 0.0942.